The van der Waals surface area contributed by atoms with Gasteiger partial charge in [0.15, 0.2) is 0 Å². The van der Waals surface area contributed by atoms with E-state index in [1.165, 1.54) is 0 Å². The lowest BCUT2D eigenvalue weighted by molar-refractivity contribution is 0.804. The molecule has 2 heterocycles. The van der Waals surface area contributed by atoms with Crippen LogP contribution in [0.25, 0.3) is 0 Å². The molecule has 0 unspecified atom stereocenters. The first kappa shape index (κ1) is 19.6. The third-order valence-electron chi connectivity index (χ3n) is 4.85. The number of rotatable bonds is 5. The van der Waals surface area contributed by atoms with Crippen molar-refractivity contribution >= 4 is 17.3 Å². The molecule has 4 aromatic rings. The lowest BCUT2D eigenvalue weighted by Gasteiger charge is -2.33. The lowest BCUT2D eigenvalue weighted by atomic mass is 9.94. The Morgan fingerprint density at radius 2 is 1.45 bits per heavy atom. The zero-order chi connectivity index (χ0) is 21.6. The van der Waals surface area contributed by atoms with Crippen molar-refractivity contribution in [3.63, 3.8) is 0 Å². The number of anilines is 3. The molecular weight excluding hydrogens is 384 g/mol. The van der Waals surface area contributed by atoms with E-state index in [4.69, 9.17) is 5.73 Å². The van der Waals surface area contributed by atoms with Crippen LogP contribution in [0.15, 0.2) is 91.3 Å². The monoisotopic (exact) mass is 402 g/mol. The molecule has 0 aliphatic carbocycles. The number of pyridine rings is 2. The second-order valence-electron chi connectivity index (χ2n) is 6.88. The summed E-state index contributed by atoms with van der Waals surface area (Å²) >= 11 is 0. The minimum absolute atomic E-state index is 0.375. The highest BCUT2D eigenvalue weighted by Crippen LogP contribution is 2.38. The molecule has 0 amide bonds. The molecule has 0 aliphatic rings. The Kier molecular flexibility index (Phi) is 5.55. The van der Waals surface area contributed by atoms with Crippen molar-refractivity contribution < 1.29 is 0 Å². The molecule has 0 radical (unpaired) electrons. The number of aromatic nitrogens is 2. The Bertz CT molecular complexity index is 1230. The van der Waals surface area contributed by atoms with Crippen LogP contribution in [-0.2, 0) is 0 Å². The Morgan fingerprint density at radius 3 is 2.00 bits per heavy atom. The third-order valence-corrected chi connectivity index (χ3v) is 4.85. The SMILES string of the molecule is N#Cc1cccc(C(c2cccc(C#N)c2)N(c2cccnc2)c2cccc(N)n2)c1. The maximum Gasteiger partial charge on any atom is 0.136 e. The van der Waals surface area contributed by atoms with Gasteiger partial charge in [0.05, 0.1) is 41.2 Å². The van der Waals surface area contributed by atoms with Gasteiger partial charge in [0.25, 0.3) is 0 Å². The van der Waals surface area contributed by atoms with Crippen LogP contribution in [0.2, 0.25) is 0 Å². The molecule has 0 spiro atoms. The van der Waals surface area contributed by atoms with Crippen molar-refractivity contribution in [1.29, 1.82) is 10.5 Å². The van der Waals surface area contributed by atoms with Crippen molar-refractivity contribution in [2.75, 3.05) is 10.6 Å². The number of benzene rings is 2. The van der Waals surface area contributed by atoms with E-state index < -0.39 is 0 Å². The zero-order valence-corrected chi connectivity index (χ0v) is 16.6. The first-order valence-electron chi connectivity index (χ1n) is 9.61. The smallest absolute Gasteiger partial charge is 0.136 e. The summed E-state index contributed by atoms with van der Waals surface area (Å²) in [6.07, 6.45) is 3.45. The van der Waals surface area contributed by atoms with E-state index in [1.54, 1.807) is 30.6 Å². The van der Waals surface area contributed by atoms with Crippen LogP contribution in [0.4, 0.5) is 17.3 Å². The van der Waals surface area contributed by atoms with Crippen molar-refractivity contribution in [2.24, 2.45) is 0 Å². The molecule has 2 aromatic carbocycles. The van der Waals surface area contributed by atoms with Crippen LogP contribution in [0, 0.1) is 22.7 Å². The maximum atomic E-state index is 9.46. The van der Waals surface area contributed by atoms with Gasteiger partial charge in [-0.05, 0) is 59.7 Å². The van der Waals surface area contributed by atoms with Gasteiger partial charge in [-0.2, -0.15) is 10.5 Å². The van der Waals surface area contributed by atoms with E-state index in [0.29, 0.717) is 22.8 Å². The van der Waals surface area contributed by atoms with E-state index in [9.17, 15) is 10.5 Å². The topological polar surface area (TPSA) is 103 Å². The van der Waals surface area contributed by atoms with Crippen LogP contribution in [0.5, 0.6) is 0 Å². The summed E-state index contributed by atoms with van der Waals surface area (Å²) < 4.78 is 0. The second-order valence-corrected chi connectivity index (χ2v) is 6.88. The number of nitriles is 2. The average Bonchev–Trinajstić information content (AvgIpc) is 2.83. The number of hydrogen-bond acceptors (Lipinski definition) is 6. The molecule has 2 aromatic heterocycles. The van der Waals surface area contributed by atoms with E-state index in [0.717, 1.165) is 16.8 Å². The molecule has 0 saturated carbocycles. The molecular formula is C25H18N6. The molecule has 0 fully saturated rings. The van der Waals surface area contributed by atoms with Gasteiger partial charge >= 0.3 is 0 Å². The fraction of sp³-hybridized carbons (Fsp3) is 0.0400. The Hall–Kier alpha value is -4.68. The van der Waals surface area contributed by atoms with Crippen LogP contribution in [0.3, 0.4) is 0 Å². The normalized spacial score (nSPS) is 10.3. The van der Waals surface area contributed by atoms with Crippen molar-refractivity contribution in [2.45, 2.75) is 6.04 Å². The molecule has 6 nitrogen and oxygen atoms in total. The molecule has 31 heavy (non-hydrogen) atoms. The fourth-order valence-electron chi connectivity index (χ4n) is 3.53. The number of nitrogen functional groups attached to an aromatic ring is 1. The highest BCUT2D eigenvalue weighted by Gasteiger charge is 2.26. The van der Waals surface area contributed by atoms with Gasteiger partial charge < -0.3 is 10.6 Å². The standard InChI is InChI=1S/C25H18N6/c26-15-18-5-1-7-20(13-18)25(21-8-2-6-19(14-21)16-27)31(22-9-4-12-29-17-22)24-11-3-10-23(28)30-24/h1-14,17,25H,(H2,28,30). The highest BCUT2D eigenvalue weighted by molar-refractivity contribution is 5.65. The molecule has 0 bridgehead atoms. The first-order valence-corrected chi connectivity index (χ1v) is 9.61. The van der Waals surface area contributed by atoms with E-state index in [-0.39, 0.29) is 6.04 Å². The Labute approximate surface area is 180 Å². The molecule has 148 valence electrons. The van der Waals surface area contributed by atoms with Gasteiger partial charge in [-0.25, -0.2) is 4.98 Å². The van der Waals surface area contributed by atoms with Gasteiger partial charge in [-0.1, -0.05) is 30.3 Å². The van der Waals surface area contributed by atoms with Crippen LogP contribution >= 0.6 is 0 Å². The summed E-state index contributed by atoms with van der Waals surface area (Å²) in [4.78, 5) is 10.8. The van der Waals surface area contributed by atoms with Gasteiger partial charge in [0.1, 0.15) is 11.6 Å². The van der Waals surface area contributed by atoms with E-state index in [1.807, 2.05) is 65.6 Å². The zero-order valence-electron chi connectivity index (χ0n) is 16.6. The van der Waals surface area contributed by atoms with Crippen molar-refractivity contribution in [3.05, 3.63) is 114 Å². The summed E-state index contributed by atoms with van der Waals surface area (Å²) in [6.45, 7) is 0. The Balaban J connectivity index is 2.00. The minimum atomic E-state index is -0.375. The largest absolute Gasteiger partial charge is 0.384 e. The number of nitrogens with two attached hydrogens (primary N) is 1. The van der Waals surface area contributed by atoms with Gasteiger partial charge in [0, 0.05) is 6.20 Å². The first-order chi connectivity index (χ1) is 15.2. The second kappa shape index (κ2) is 8.77. The van der Waals surface area contributed by atoms with Gasteiger partial charge in [-0.15, -0.1) is 0 Å². The number of hydrogen-bond donors (Lipinski definition) is 1. The average molecular weight is 402 g/mol. The van der Waals surface area contributed by atoms with E-state index >= 15 is 0 Å². The van der Waals surface area contributed by atoms with Crippen LogP contribution in [-0.4, -0.2) is 9.97 Å². The van der Waals surface area contributed by atoms with Crippen molar-refractivity contribution in [3.8, 4) is 12.1 Å². The summed E-state index contributed by atoms with van der Waals surface area (Å²) in [5.74, 6) is 1.02. The predicted molar refractivity (Wildman–Crippen MR) is 119 cm³/mol. The van der Waals surface area contributed by atoms with Gasteiger partial charge in [0.2, 0.25) is 0 Å². The summed E-state index contributed by atoms with van der Waals surface area (Å²) in [7, 11) is 0. The molecule has 0 atom stereocenters. The molecule has 0 aliphatic heterocycles. The Morgan fingerprint density at radius 1 is 0.806 bits per heavy atom. The molecule has 2 N–H and O–H groups in total. The minimum Gasteiger partial charge on any atom is -0.384 e. The van der Waals surface area contributed by atoms with E-state index in [2.05, 4.69) is 22.1 Å². The fourth-order valence-corrected chi connectivity index (χ4v) is 3.53. The van der Waals surface area contributed by atoms with Crippen molar-refractivity contribution in [1.82, 2.24) is 9.97 Å². The number of nitrogens with zero attached hydrogens (tertiary/aromatic N) is 5. The highest BCUT2D eigenvalue weighted by atomic mass is 15.2. The lowest BCUT2D eigenvalue weighted by Crippen LogP contribution is -2.26. The van der Waals surface area contributed by atoms with Gasteiger partial charge in [-0.3, -0.25) is 4.98 Å². The quantitative estimate of drug-likeness (QED) is 0.518. The predicted octanol–water partition coefficient (Wildman–Crippen LogP) is 4.73. The maximum absolute atomic E-state index is 9.46. The summed E-state index contributed by atoms with van der Waals surface area (Å²) in [5, 5.41) is 18.9. The van der Waals surface area contributed by atoms with Crippen LogP contribution < -0.4 is 10.6 Å². The molecule has 0 saturated heterocycles. The third kappa shape index (κ3) is 4.19. The summed E-state index contributed by atoms with van der Waals surface area (Å²) in [5.41, 5.74) is 9.65. The van der Waals surface area contributed by atoms with Crippen LogP contribution in [0.1, 0.15) is 28.3 Å². The summed E-state index contributed by atoms with van der Waals surface area (Å²) in [6, 6.07) is 28.1. The molecule has 6 heteroatoms. The molecule has 4 rings (SSSR count).